The molecule has 0 saturated carbocycles. The molecule has 0 spiro atoms. The largest absolute Gasteiger partial charge is 0.344 e. The minimum absolute atomic E-state index is 0. The molecule has 0 fully saturated rings. The van der Waals surface area contributed by atoms with Crippen LogP contribution in [0.15, 0.2) is 0 Å². The van der Waals surface area contributed by atoms with E-state index < -0.39 is 0 Å². The SMILES string of the molecule is N.NCCCCNCCCN. The highest BCUT2D eigenvalue weighted by Gasteiger charge is 1.85. The molecule has 0 aliphatic heterocycles. The molecule has 0 aromatic rings. The summed E-state index contributed by atoms with van der Waals surface area (Å²) in [5.41, 5.74) is 10.6. The molecule has 0 aromatic heterocycles. The lowest BCUT2D eigenvalue weighted by Crippen LogP contribution is -2.19. The topological polar surface area (TPSA) is 99.1 Å². The minimum Gasteiger partial charge on any atom is -0.344 e. The summed E-state index contributed by atoms with van der Waals surface area (Å²) in [5.74, 6) is 0. The molecule has 70 valence electrons. The maximum Gasteiger partial charge on any atom is -0.00369 e. The van der Waals surface area contributed by atoms with Crippen LogP contribution in [0.3, 0.4) is 0 Å². The Morgan fingerprint density at radius 1 is 0.818 bits per heavy atom. The van der Waals surface area contributed by atoms with Crippen LogP contribution < -0.4 is 22.9 Å². The Bertz CT molecular complexity index is 50.4. The van der Waals surface area contributed by atoms with Gasteiger partial charge in [-0.15, -0.1) is 0 Å². The molecule has 0 heterocycles. The number of hydrogen-bond acceptors (Lipinski definition) is 4. The second-order valence-electron chi connectivity index (χ2n) is 2.39. The van der Waals surface area contributed by atoms with Crippen LogP contribution in [0.2, 0.25) is 0 Å². The van der Waals surface area contributed by atoms with E-state index in [0.29, 0.717) is 0 Å². The molecule has 4 nitrogen and oxygen atoms in total. The zero-order chi connectivity index (χ0) is 7.66. The fourth-order valence-electron chi connectivity index (χ4n) is 0.746. The summed E-state index contributed by atoms with van der Waals surface area (Å²) in [7, 11) is 0. The van der Waals surface area contributed by atoms with Crippen LogP contribution in [0.4, 0.5) is 0 Å². The quantitative estimate of drug-likeness (QED) is 0.390. The van der Waals surface area contributed by atoms with Crippen LogP contribution in [0, 0.1) is 0 Å². The van der Waals surface area contributed by atoms with Crippen molar-refractivity contribution >= 4 is 0 Å². The van der Waals surface area contributed by atoms with Crippen molar-refractivity contribution in [1.82, 2.24) is 11.5 Å². The first kappa shape index (κ1) is 13.4. The molecule has 8 N–H and O–H groups in total. The van der Waals surface area contributed by atoms with E-state index in [0.717, 1.165) is 39.0 Å². The van der Waals surface area contributed by atoms with Crippen molar-refractivity contribution in [1.29, 1.82) is 0 Å². The van der Waals surface area contributed by atoms with E-state index in [-0.39, 0.29) is 6.15 Å². The van der Waals surface area contributed by atoms with Gasteiger partial charge in [0, 0.05) is 0 Å². The van der Waals surface area contributed by atoms with Crippen LogP contribution in [0.1, 0.15) is 19.3 Å². The highest BCUT2D eigenvalue weighted by Crippen LogP contribution is 1.81. The molecule has 0 atom stereocenters. The van der Waals surface area contributed by atoms with Gasteiger partial charge in [-0.25, -0.2) is 0 Å². The second-order valence-corrected chi connectivity index (χ2v) is 2.39. The Morgan fingerprint density at radius 3 is 1.91 bits per heavy atom. The Kier molecular flexibility index (Phi) is 15.3. The monoisotopic (exact) mass is 162 g/mol. The zero-order valence-electron chi connectivity index (χ0n) is 7.31. The third-order valence-corrected chi connectivity index (χ3v) is 1.37. The van der Waals surface area contributed by atoms with Gasteiger partial charge in [0.05, 0.1) is 0 Å². The van der Waals surface area contributed by atoms with Gasteiger partial charge < -0.3 is 22.9 Å². The van der Waals surface area contributed by atoms with Crippen molar-refractivity contribution in [3.63, 3.8) is 0 Å². The van der Waals surface area contributed by atoms with Crippen LogP contribution in [0.25, 0.3) is 0 Å². The predicted octanol–water partition coefficient (Wildman–Crippen LogP) is -0.174. The summed E-state index contributed by atoms with van der Waals surface area (Å²) >= 11 is 0. The normalized spacial score (nSPS) is 9.27. The smallest absolute Gasteiger partial charge is 0.00369 e. The molecule has 0 rings (SSSR count). The first-order chi connectivity index (χ1) is 4.91. The molecule has 11 heavy (non-hydrogen) atoms. The van der Waals surface area contributed by atoms with Crippen molar-refractivity contribution in [3.8, 4) is 0 Å². The van der Waals surface area contributed by atoms with E-state index in [9.17, 15) is 0 Å². The number of nitrogens with two attached hydrogens (primary N) is 2. The van der Waals surface area contributed by atoms with Crippen molar-refractivity contribution in [2.45, 2.75) is 19.3 Å². The first-order valence-corrected chi connectivity index (χ1v) is 4.02. The molecule has 0 unspecified atom stereocenters. The lowest BCUT2D eigenvalue weighted by molar-refractivity contribution is 0.611. The van der Waals surface area contributed by atoms with Crippen LogP contribution >= 0.6 is 0 Å². The molecule has 0 aliphatic carbocycles. The molecule has 0 aliphatic rings. The van der Waals surface area contributed by atoms with Crippen molar-refractivity contribution in [2.24, 2.45) is 11.5 Å². The van der Waals surface area contributed by atoms with Crippen molar-refractivity contribution in [3.05, 3.63) is 0 Å². The van der Waals surface area contributed by atoms with Gasteiger partial charge in [-0.05, 0) is 45.4 Å². The molecule has 0 bridgehead atoms. The maximum atomic E-state index is 5.32. The van der Waals surface area contributed by atoms with Crippen LogP contribution in [-0.4, -0.2) is 26.2 Å². The fraction of sp³-hybridized carbons (Fsp3) is 1.00. The fourth-order valence-corrected chi connectivity index (χ4v) is 0.746. The predicted molar refractivity (Wildman–Crippen MR) is 49.9 cm³/mol. The van der Waals surface area contributed by atoms with E-state index in [1.54, 1.807) is 0 Å². The van der Waals surface area contributed by atoms with Crippen LogP contribution in [0.5, 0.6) is 0 Å². The van der Waals surface area contributed by atoms with Gasteiger partial charge in [0.1, 0.15) is 0 Å². The summed E-state index contributed by atoms with van der Waals surface area (Å²) in [5, 5.41) is 3.29. The Balaban J connectivity index is 0. The molecule has 0 aromatic carbocycles. The summed E-state index contributed by atoms with van der Waals surface area (Å²) < 4.78 is 0. The summed E-state index contributed by atoms with van der Waals surface area (Å²) in [6, 6.07) is 0. The molecule has 0 amide bonds. The standard InChI is InChI=1S/C7H19N3.H3N/c8-4-1-2-6-10-7-3-5-9;/h10H,1-9H2;1H3. The van der Waals surface area contributed by atoms with E-state index in [4.69, 9.17) is 11.5 Å². The molecule has 0 saturated heterocycles. The Morgan fingerprint density at radius 2 is 1.36 bits per heavy atom. The Hall–Kier alpha value is -0.160. The summed E-state index contributed by atoms with van der Waals surface area (Å²) in [6.45, 7) is 3.71. The zero-order valence-corrected chi connectivity index (χ0v) is 7.31. The number of rotatable bonds is 7. The van der Waals surface area contributed by atoms with Gasteiger partial charge in [0.15, 0.2) is 0 Å². The summed E-state index contributed by atoms with van der Waals surface area (Å²) in [4.78, 5) is 0. The summed E-state index contributed by atoms with van der Waals surface area (Å²) in [6.07, 6.45) is 3.37. The third kappa shape index (κ3) is 12.9. The van der Waals surface area contributed by atoms with Gasteiger partial charge in [-0.3, -0.25) is 0 Å². The van der Waals surface area contributed by atoms with Gasteiger partial charge in [0.2, 0.25) is 0 Å². The number of nitrogens with one attached hydrogen (secondary N) is 1. The van der Waals surface area contributed by atoms with Gasteiger partial charge in [-0.1, -0.05) is 0 Å². The minimum atomic E-state index is 0. The lowest BCUT2D eigenvalue weighted by atomic mass is 10.3. The van der Waals surface area contributed by atoms with Crippen LogP contribution in [-0.2, 0) is 0 Å². The van der Waals surface area contributed by atoms with Crippen molar-refractivity contribution < 1.29 is 0 Å². The molecular formula is C7H22N4. The first-order valence-electron chi connectivity index (χ1n) is 4.02. The molecular weight excluding hydrogens is 140 g/mol. The second kappa shape index (κ2) is 12.5. The number of unbranched alkanes of at least 4 members (excludes halogenated alkanes) is 1. The van der Waals surface area contributed by atoms with E-state index in [2.05, 4.69) is 5.32 Å². The van der Waals surface area contributed by atoms with E-state index >= 15 is 0 Å². The van der Waals surface area contributed by atoms with E-state index in [1.807, 2.05) is 0 Å². The highest BCUT2D eigenvalue weighted by atomic mass is 14.8. The van der Waals surface area contributed by atoms with Gasteiger partial charge in [0.25, 0.3) is 0 Å². The van der Waals surface area contributed by atoms with Gasteiger partial charge in [-0.2, -0.15) is 0 Å². The van der Waals surface area contributed by atoms with Gasteiger partial charge >= 0.3 is 0 Å². The average molecular weight is 162 g/mol. The molecule has 0 radical (unpaired) electrons. The van der Waals surface area contributed by atoms with Crippen molar-refractivity contribution in [2.75, 3.05) is 26.2 Å². The molecule has 4 heteroatoms. The maximum absolute atomic E-state index is 5.32. The number of hydrogen-bond donors (Lipinski definition) is 4. The lowest BCUT2D eigenvalue weighted by Gasteiger charge is -2.01. The Labute approximate surface area is 69.3 Å². The average Bonchev–Trinajstić information content (AvgIpc) is 1.97. The third-order valence-electron chi connectivity index (χ3n) is 1.37. The highest BCUT2D eigenvalue weighted by molar-refractivity contribution is 4.49. The van der Waals surface area contributed by atoms with E-state index in [1.165, 1.54) is 6.42 Å².